The zero-order valence-electron chi connectivity index (χ0n) is 8.85. The second-order valence-electron chi connectivity index (χ2n) is 2.83. The van der Waals surface area contributed by atoms with Crippen LogP contribution in [0, 0.1) is 0 Å². The SMILES string of the molecule is C=CC=O.CN(CCCO)CCCO. The van der Waals surface area contributed by atoms with E-state index in [2.05, 4.69) is 11.5 Å². The molecule has 0 aliphatic heterocycles. The lowest BCUT2D eigenvalue weighted by molar-refractivity contribution is -0.104. The second kappa shape index (κ2) is 14.8. The van der Waals surface area contributed by atoms with Gasteiger partial charge in [0.2, 0.25) is 0 Å². The molecule has 0 rings (SSSR count). The van der Waals surface area contributed by atoms with Gasteiger partial charge in [-0.1, -0.05) is 6.58 Å². The van der Waals surface area contributed by atoms with Gasteiger partial charge in [-0.25, -0.2) is 0 Å². The molecule has 4 heteroatoms. The van der Waals surface area contributed by atoms with Crippen molar-refractivity contribution in [3.05, 3.63) is 12.7 Å². The van der Waals surface area contributed by atoms with Crippen molar-refractivity contribution in [2.24, 2.45) is 0 Å². The summed E-state index contributed by atoms with van der Waals surface area (Å²) in [7, 11) is 1.99. The van der Waals surface area contributed by atoms with Crippen molar-refractivity contribution >= 4 is 6.29 Å². The van der Waals surface area contributed by atoms with E-state index in [1.807, 2.05) is 7.05 Å². The molecule has 0 spiro atoms. The standard InChI is InChI=1S/C7H17NO2.C3H4O/c1-8(4-2-6-9)5-3-7-10;1-2-3-4/h9-10H,2-7H2,1H3;2-3H,1H2. The number of allylic oxidation sites excluding steroid dienone is 1. The van der Waals surface area contributed by atoms with E-state index in [4.69, 9.17) is 15.0 Å². The molecule has 0 unspecified atom stereocenters. The lowest BCUT2D eigenvalue weighted by atomic mass is 10.3. The van der Waals surface area contributed by atoms with Crippen LogP contribution in [0.5, 0.6) is 0 Å². The fraction of sp³-hybridized carbons (Fsp3) is 0.700. The smallest absolute Gasteiger partial charge is 0.142 e. The molecule has 0 amide bonds. The predicted octanol–water partition coefficient (Wildman–Crippen LogP) is 0.0543. The number of aliphatic hydroxyl groups excluding tert-OH is 2. The van der Waals surface area contributed by atoms with Gasteiger partial charge in [0.05, 0.1) is 0 Å². The molecule has 0 atom stereocenters. The van der Waals surface area contributed by atoms with E-state index >= 15 is 0 Å². The van der Waals surface area contributed by atoms with Gasteiger partial charge in [-0.15, -0.1) is 0 Å². The minimum absolute atomic E-state index is 0.253. The molecule has 0 saturated carbocycles. The van der Waals surface area contributed by atoms with Crippen molar-refractivity contribution in [1.29, 1.82) is 0 Å². The summed E-state index contributed by atoms with van der Waals surface area (Å²) in [5.74, 6) is 0. The molecule has 0 aliphatic carbocycles. The van der Waals surface area contributed by atoms with E-state index < -0.39 is 0 Å². The highest BCUT2D eigenvalue weighted by molar-refractivity contribution is 5.63. The van der Waals surface area contributed by atoms with Gasteiger partial charge >= 0.3 is 0 Å². The number of carbonyl (C=O) groups excluding carboxylic acids is 1. The van der Waals surface area contributed by atoms with Crippen molar-refractivity contribution in [2.45, 2.75) is 12.8 Å². The number of hydrogen-bond acceptors (Lipinski definition) is 4. The number of hydrogen-bond donors (Lipinski definition) is 2. The minimum atomic E-state index is 0.253. The molecule has 0 aromatic carbocycles. The van der Waals surface area contributed by atoms with Crippen LogP contribution >= 0.6 is 0 Å². The first-order chi connectivity index (χ1) is 6.72. The first-order valence-electron chi connectivity index (χ1n) is 4.69. The summed E-state index contributed by atoms with van der Waals surface area (Å²) in [4.78, 5) is 11.2. The molecule has 84 valence electrons. The van der Waals surface area contributed by atoms with E-state index in [0.29, 0.717) is 6.29 Å². The van der Waals surface area contributed by atoms with Gasteiger partial charge in [0.15, 0.2) is 0 Å². The molecule has 0 heterocycles. The Kier molecular flexibility index (Phi) is 16.6. The summed E-state index contributed by atoms with van der Waals surface area (Å²) >= 11 is 0. The molecule has 4 nitrogen and oxygen atoms in total. The number of nitrogens with zero attached hydrogens (tertiary/aromatic N) is 1. The summed E-state index contributed by atoms with van der Waals surface area (Å²) in [5, 5.41) is 16.9. The van der Waals surface area contributed by atoms with Crippen LogP contribution in [0.1, 0.15) is 12.8 Å². The largest absolute Gasteiger partial charge is 0.396 e. The van der Waals surface area contributed by atoms with E-state index in [0.717, 1.165) is 25.9 Å². The third-order valence-corrected chi connectivity index (χ3v) is 1.49. The number of aliphatic hydroxyl groups is 2. The molecule has 14 heavy (non-hydrogen) atoms. The average molecular weight is 203 g/mol. The summed E-state index contributed by atoms with van der Waals surface area (Å²) in [6, 6.07) is 0. The Morgan fingerprint density at radius 2 is 1.57 bits per heavy atom. The normalized spacial score (nSPS) is 9.14. The maximum atomic E-state index is 9.06. The molecule has 0 fully saturated rings. The lowest BCUT2D eigenvalue weighted by Gasteiger charge is -2.14. The van der Waals surface area contributed by atoms with Crippen molar-refractivity contribution in [2.75, 3.05) is 33.4 Å². The predicted molar refractivity (Wildman–Crippen MR) is 57.2 cm³/mol. The first kappa shape index (κ1) is 15.7. The van der Waals surface area contributed by atoms with E-state index in [1.54, 1.807) is 0 Å². The third-order valence-electron chi connectivity index (χ3n) is 1.49. The Bertz CT molecular complexity index is 115. The van der Waals surface area contributed by atoms with E-state index in [-0.39, 0.29) is 13.2 Å². The van der Waals surface area contributed by atoms with E-state index in [9.17, 15) is 0 Å². The Hall–Kier alpha value is -0.710. The van der Waals surface area contributed by atoms with Gasteiger partial charge in [-0.05, 0) is 26.0 Å². The van der Waals surface area contributed by atoms with Crippen LogP contribution in [-0.4, -0.2) is 54.8 Å². The van der Waals surface area contributed by atoms with Gasteiger partial charge in [-0.2, -0.15) is 0 Å². The van der Waals surface area contributed by atoms with Crippen LogP contribution in [0.2, 0.25) is 0 Å². The Balaban J connectivity index is 0. The quantitative estimate of drug-likeness (QED) is 0.453. The third kappa shape index (κ3) is 17.4. The topological polar surface area (TPSA) is 60.8 Å². The average Bonchev–Trinajstić information content (AvgIpc) is 2.23. The number of aldehydes is 1. The fourth-order valence-electron chi connectivity index (χ4n) is 0.793. The maximum absolute atomic E-state index is 9.06. The summed E-state index contributed by atoms with van der Waals surface area (Å²) in [6.07, 6.45) is 3.48. The molecule has 2 N–H and O–H groups in total. The molecule has 0 aromatic heterocycles. The summed E-state index contributed by atoms with van der Waals surface area (Å²) in [5.41, 5.74) is 0. The van der Waals surface area contributed by atoms with Gasteiger partial charge in [0.25, 0.3) is 0 Å². The number of rotatable bonds is 7. The Morgan fingerprint density at radius 3 is 1.79 bits per heavy atom. The van der Waals surface area contributed by atoms with Crippen LogP contribution < -0.4 is 0 Å². The van der Waals surface area contributed by atoms with Gasteiger partial charge in [0, 0.05) is 26.3 Å². The van der Waals surface area contributed by atoms with Crippen molar-refractivity contribution in [1.82, 2.24) is 4.90 Å². The van der Waals surface area contributed by atoms with Crippen LogP contribution in [0.25, 0.3) is 0 Å². The molecular weight excluding hydrogens is 182 g/mol. The van der Waals surface area contributed by atoms with Crippen molar-refractivity contribution in [3.8, 4) is 0 Å². The molecule has 0 aromatic rings. The van der Waals surface area contributed by atoms with Gasteiger partial charge in [0.1, 0.15) is 6.29 Å². The monoisotopic (exact) mass is 203 g/mol. The molecule has 0 aliphatic rings. The molecule has 0 radical (unpaired) electrons. The highest BCUT2D eigenvalue weighted by Crippen LogP contribution is 1.88. The molecule has 0 saturated heterocycles. The zero-order chi connectivity index (χ0) is 11.2. The van der Waals surface area contributed by atoms with Crippen molar-refractivity contribution < 1.29 is 15.0 Å². The van der Waals surface area contributed by atoms with Crippen LogP contribution in [0.3, 0.4) is 0 Å². The van der Waals surface area contributed by atoms with Crippen molar-refractivity contribution in [3.63, 3.8) is 0 Å². The first-order valence-corrected chi connectivity index (χ1v) is 4.69. The van der Waals surface area contributed by atoms with Crippen LogP contribution in [-0.2, 0) is 4.79 Å². The Labute approximate surface area is 85.8 Å². The summed E-state index contributed by atoms with van der Waals surface area (Å²) in [6.45, 7) is 5.44. The molecule has 0 bridgehead atoms. The van der Waals surface area contributed by atoms with Crippen LogP contribution in [0.4, 0.5) is 0 Å². The second-order valence-corrected chi connectivity index (χ2v) is 2.83. The highest BCUT2D eigenvalue weighted by Gasteiger charge is 1.94. The van der Waals surface area contributed by atoms with E-state index in [1.165, 1.54) is 6.08 Å². The highest BCUT2D eigenvalue weighted by atomic mass is 16.3. The van der Waals surface area contributed by atoms with Gasteiger partial charge < -0.3 is 15.1 Å². The Morgan fingerprint density at radius 1 is 1.21 bits per heavy atom. The fourth-order valence-corrected chi connectivity index (χ4v) is 0.793. The number of carbonyl (C=O) groups is 1. The lowest BCUT2D eigenvalue weighted by Crippen LogP contribution is -2.22. The van der Waals surface area contributed by atoms with Gasteiger partial charge in [-0.3, -0.25) is 4.79 Å². The minimum Gasteiger partial charge on any atom is -0.396 e. The summed E-state index contributed by atoms with van der Waals surface area (Å²) < 4.78 is 0. The van der Waals surface area contributed by atoms with Crippen LogP contribution in [0.15, 0.2) is 12.7 Å². The molecular formula is C10H21NO3. The maximum Gasteiger partial charge on any atom is 0.142 e. The zero-order valence-corrected chi connectivity index (χ0v) is 8.85.